The Balaban J connectivity index is 1.73. The molecule has 6 heteroatoms. The Hall–Kier alpha value is -3.05. The van der Waals surface area contributed by atoms with Crippen LogP contribution >= 0.6 is 11.6 Å². The number of benzene rings is 2. The monoisotopic (exact) mass is 367 g/mol. The number of anilines is 3. The van der Waals surface area contributed by atoms with Gasteiger partial charge in [0.05, 0.1) is 24.7 Å². The average Bonchev–Trinajstić information content (AvgIpc) is 2.64. The van der Waals surface area contributed by atoms with Gasteiger partial charge < -0.3 is 15.4 Å². The first-order chi connectivity index (χ1) is 12.6. The highest BCUT2D eigenvalue weighted by Crippen LogP contribution is 2.30. The fraction of sp³-hybridized carbons (Fsp3) is 0.100. The fourth-order valence-electron chi connectivity index (χ4n) is 2.44. The minimum Gasteiger partial charge on any atom is -0.495 e. The molecular formula is C20H18ClN3O2. The molecule has 2 N–H and O–H groups in total. The van der Waals surface area contributed by atoms with Crippen LogP contribution in [0.5, 0.6) is 5.75 Å². The molecule has 0 aliphatic heterocycles. The van der Waals surface area contributed by atoms with Crippen LogP contribution in [0.25, 0.3) is 0 Å². The number of hydrogen-bond acceptors (Lipinski definition) is 4. The van der Waals surface area contributed by atoms with Crippen molar-refractivity contribution in [3.05, 3.63) is 77.1 Å². The van der Waals surface area contributed by atoms with Gasteiger partial charge in [-0.25, -0.2) is 4.98 Å². The van der Waals surface area contributed by atoms with E-state index in [2.05, 4.69) is 15.6 Å². The standard InChI is InChI=1S/C20H18ClN3O2/c1-13-5-3-4-6-16(13)24-20(25)17-9-8-15(12-22-17)23-18-11-14(21)7-10-19(18)26-2/h3-12,23H,1-2H3,(H,24,25). The molecule has 0 fully saturated rings. The SMILES string of the molecule is COc1ccc(Cl)cc1Nc1ccc(C(=O)Nc2ccccc2C)nc1. The van der Waals surface area contributed by atoms with Crippen LogP contribution in [0.1, 0.15) is 16.1 Å². The minimum atomic E-state index is -0.258. The Morgan fingerprint density at radius 2 is 1.88 bits per heavy atom. The third kappa shape index (κ3) is 4.13. The Morgan fingerprint density at radius 1 is 1.08 bits per heavy atom. The minimum absolute atomic E-state index is 0.258. The van der Waals surface area contributed by atoms with Crippen LogP contribution in [0.15, 0.2) is 60.8 Å². The first-order valence-corrected chi connectivity index (χ1v) is 8.38. The highest BCUT2D eigenvalue weighted by Gasteiger charge is 2.10. The van der Waals surface area contributed by atoms with Crippen molar-refractivity contribution in [1.82, 2.24) is 4.98 Å². The van der Waals surface area contributed by atoms with Crippen molar-refractivity contribution in [3.8, 4) is 5.75 Å². The molecule has 5 nitrogen and oxygen atoms in total. The average molecular weight is 368 g/mol. The lowest BCUT2D eigenvalue weighted by Gasteiger charge is -2.12. The van der Waals surface area contributed by atoms with E-state index in [1.54, 1.807) is 43.6 Å². The summed E-state index contributed by atoms with van der Waals surface area (Å²) >= 11 is 6.03. The molecule has 2 aromatic carbocycles. The lowest BCUT2D eigenvalue weighted by Crippen LogP contribution is -2.14. The number of pyridine rings is 1. The molecule has 1 amide bonds. The van der Waals surface area contributed by atoms with Gasteiger partial charge in [-0.2, -0.15) is 0 Å². The molecule has 3 aromatic rings. The summed E-state index contributed by atoms with van der Waals surface area (Å²) in [6.07, 6.45) is 1.59. The quantitative estimate of drug-likeness (QED) is 0.662. The van der Waals surface area contributed by atoms with E-state index in [0.29, 0.717) is 16.5 Å². The molecular weight excluding hydrogens is 350 g/mol. The highest BCUT2D eigenvalue weighted by molar-refractivity contribution is 6.31. The zero-order chi connectivity index (χ0) is 18.5. The molecule has 1 aromatic heterocycles. The Labute approximate surface area is 157 Å². The van der Waals surface area contributed by atoms with Crippen molar-refractivity contribution in [3.63, 3.8) is 0 Å². The normalized spacial score (nSPS) is 10.3. The van der Waals surface area contributed by atoms with Crippen LogP contribution in [0.3, 0.4) is 0 Å². The van der Waals surface area contributed by atoms with E-state index in [0.717, 1.165) is 22.6 Å². The van der Waals surface area contributed by atoms with E-state index < -0.39 is 0 Å². The number of aryl methyl sites for hydroxylation is 1. The smallest absolute Gasteiger partial charge is 0.274 e. The molecule has 0 saturated heterocycles. The summed E-state index contributed by atoms with van der Waals surface area (Å²) in [7, 11) is 1.59. The Morgan fingerprint density at radius 3 is 2.58 bits per heavy atom. The van der Waals surface area contributed by atoms with Crippen molar-refractivity contribution >= 4 is 34.6 Å². The van der Waals surface area contributed by atoms with Gasteiger partial charge in [-0.1, -0.05) is 29.8 Å². The van der Waals surface area contributed by atoms with Gasteiger partial charge in [0.2, 0.25) is 0 Å². The lowest BCUT2D eigenvalue weighted by atomic mass is 10.2. The van der Waals surface area contributed by atoms with Gasteiger partial charge in [0, 0.05) is 10.7 Å². The van der Waals surface area contributed by atoms with Gasteiger partial charge in [0.1, 0.15) is 11.4 Å². The largest absolute Gasteiger partial charge is 0.495 e. The molecule has 0 bridgehead atoms. The van der Waals surface area contributed by atoms with Gasteiger partial charge in [-0.15, -0.1) is 0 Å². The number of methoxy groups -OCH3 is 1. The zero-order valence-electron chi connectivity index (χ0n) is 14.4. The van der Waals surface area contributed by atoms with Gasteiger partial charge in [0.15, 0.2) is 0 Å². The first-order valence-electron chi connectivity index (χ1n) is 8.00. The summed E-state index contributed by atoms with van der Waals surface area (Å²) < 4.78 is 5.31. The van der Waals surface area contributed by atoms with Crippen LogP contribution in [-0.2, 0) is 0 Å². The Bertz CT molecular complexity index is 927. The van der Waals surface area contributed by atoms with Gasteiger partial charge in [-0.3, -0.25) is 4.79 Å². The van der Waals surface area contributed by atoms with E-state index in [-0.39, 0.29) is 5.91 Å². The topological polar surface area (TPSA) is 63.2 Å². The van der Waals surface area contributed by atoms with Gasteiger partial charge >= 0.3 is 0 Å². The number of rotatable bonds is 5. The van der Waals surface area contributed by atoms with Crippen molar-refractivity contribution in [1.29, 1.82) is 0 Å². The number of carbonyl (C=O) groups is 1. The number of halogens is 1. The maximum atomic E-state index is 12.3. The van der Waals surface area contributed by atoms with Crippen LogP contribution in [0.2, 0.25) is 5.02 Å². The number of carbonyl (C=O) groups excluding carboxylic acids is 1. The van der Waals surface area contributed by atoms with E-state index in [4.69, 9.17) is 16.3 Å². The first kappa shape index (κ1) is 17.8. The van der Waals surface area contributed by atoms with Crippen molar-refractivity contribution in [2.24, 2.45) is 0 Å². The van der Waals surface area contributed by atoms with Crippen LogP contribution in [0.4, 0.5) is 17.1 Å². The fourth-order valence-corrected chi connectivity index (χ4v) is 2.61. The number of para-hydroxylation sites is 1. The summed E-state index contributed by atoms with van der Waals surface area (Å²) in [6, 6.07) is 16.3. The number of amides is 1. The second kappa shape index (κ2) is 7.89. The summed E-state index contributed by atoms with van der Waals surface area (Å²) in [6.45, 7) is 1.94. The molecule has 3 rings (SSSR count). The van der Waals surface area contributed by atoms with Gasteiger partial charge in [0.25, 0.3) is 5.91 Å². The predicted octanol–water partition coefficient (Wildman–Crippen LogP) is 5.05. The van der Waals surface area contributed by atoms with E-state index in [1.165, 1.54) is 0 Å². The van der Waals surface area contributed by atoms with Crippen molar-refractivity contribution in [2.45, 2.75) is 6.92 Å². The Kier molecular flexibility index (Phi) is 5.39. The second-order valence-corrected chi connectivity index (χ2v) is 6.11. The summed E-state index contributed by atoms with van der Waals surface area (Å²) in [5, 5.41) is 6.64. The summed E-state index contributed by atoms with van der Waals surface area (Å²) in [4.78, 5) is 16.6. The van der Waals surface area contributed by atoms with E-state index >= 15 is 0 Å². The molecule has 0 aliphatic rings. The second-order valence-electron chi connectivity index (χ2n) is 5.67. The number of aromatic nitrogens is 1. The maximum Gasteiger partial charge on any atom is 0.274 e. The number of hydrogen-bond donors (Lipinski definition) is 2. The molecule has 0 aliphatic carbocycles. The molecule has 1 heterocycles. The summed E-state index contributed by atoms with van der Waals surface area (Å²) in [5.41, 5.74) is 3.53. The molecule has 0 spiro atoms. The van der Waals surface area contributed by atoms with Crippen molar-refractivity contribution in [2.75, 3.05) is 17.7 Å². The molecule has 0 radical (unpaired) electrons. The highest BCUT2D eigenvalue weighted by atomic mass is 35.5. The number of ether oxygens (including phenoxy) is 1. The van der Waals surface area contributed by atoms with Crippen LogP contribution < -0.4 is 15.4 Å². The molecule has 0 atom stereocenters. The van der Waals surface area contributed by atoms with Crippen LogP contribution in [-0.4, -0.2) is 18.0 Å². The van der Waals surface area contributed by atoms with Crippen molar-refractivity contribution < 1.29 is 9.53 Å². The lowest BCUT2D eigenvalue weighted by molar-refractivity contribution is 0.102. The third-order valence-electron chi connectivity index (χ3n) is 3.83. The number of nitrogens with one attached hydrogen (secondary N) is 2. The molecule has 26 heavy (non-hydrogen) atoms. The zero-order valence-corrected chi connectivity index (χ0v) is 15.2. The van der Waals surface area contributed by atoms with E-state index in [1.807, 2.05) is 31.2 Å². The third-order valence-corrected chi connectivity index (χ3v) is 4.07. The van der Waals surface area contributed by atoms with Gasteiger partial charge in [-0.05, 0) is 48.9 Å². The molecule has 0 unspecified atom stereocenters. The molecule has 0 saturated carbocycles. The predicted molar refractivity (Wildman–Crippen MR) is 105 cm³/mol. The summed E-state index contributed by atoms with van der Waals surface area (Å²) in [5.74, 6) is 0.405. The van der Waals surface area contributed by atoms with Crippen LogP contribution in [0, 0.1) is 6.92 Å². The maximum absolute atomic E-state index is 12.3. The number of nitrogens with zero attached hydrogens (tertiary/aromatic N) is 1. The molecule has 132 valence electrons. The van der Waals surface area contributed by atoms with E-state index in [9.17, 15) is 4.79 Å².